The van der Waals surface area contributed by atoms with E-state index in [2.05, 4.69) is 6.07 Å². The third kappa shape index (κ3) is 2.02. The first kappa shape index (κ1) is 10.6. The summed E-state index contributed by atoms with van der Waals surface area (Å²) in [5.74, 6) is -0.640. The van der Waals surface area contributed by atoms with Crippen LogP contribution in [0.25, 0.3) is 0 Å². The van der Waals surface area contributed by atoms with E-state index in [0.29, 0.717) is 6.42 Å². The van der Waals surface area contributed by atoms with Crippen LogP contribution in [-0.4, -0.2) is 17.3 Å². The molecular formula is C12H14O2S. The Morgan fingerprint density at radius 3 is 2.67 bits per heavy atom. The predicted octanol–water partition coefficient (Wildman–Crippen LogP) is 2.82. The molecule has 1 saturated carbocycles. The predicted molar refractivity (Wildman–Crippen MR) is 61.2 cm³/mol. The number of carboxylic acid groups (broad SMARTS) is 1. The molecule has 2 nitrogen and oxygen atoms in total. The van der Waals surface area contributed by atoms with Gasteiger partial charge in [-0.25, -0.2) is 0 Å². The minimum atomic E-state index is -0.640. The van der Waals surface area contributed by atoms with Gasteiger partial charge >= 0.3 is 5.97 Å². The third-order valence-corrected chi connectivity index (χ3v) is 3.87. The maximum Gasteiger partial charge on any atom is 0.309 e. The Bertz CT molecular complexity index is 383. The first-order valence-corrected chi connectivity index (χ1v) is 6.26. The molecule has 0 radical (unpaired) electrons. The van der Waals surface area contributed by atoms with Gasteiger partial charge in [0, 0.05) is 4.90 Å². The van der Waals surface area contributed by atoms with Gasteiger partial charge in [0.05, 0.1) is 5.41 Å². The maximum atomic E-state index is 11.1. The van der Waals surface area contributed by atoms with Gasteiger partial charge in [-0.05, 0) is 37.1 Å². The molecule has 0 bridgehead atoms. The lowest BCUT2D eigenvalue weighted by Gasteiger charge is -2.12. The zero-order valence-electron chi connectivity index (χ0n) is 8.69. The van der Waals surface area contributed by atoms with Gasteiger partial charge in [-0.3, -0.25) is 4.79 Å². The summed E-state index contributed by atoms with van der Waals surface area (Å²) in [6.07, 6.45) is 4.36. The molecule has 0 aromatic heterocycles. The third-order valence-electron chi connectivity index (χ3n) is 3.03. The number of hydrogen-bond acceptors (Lipinski definition) is 2. The van der Waals surface area contributed by atoms with Crippen LogP contribution in [0.2, 0.25) is 0 Å². The summed E-state index contributed by atoms with van der Waals surface area (Å²) in [4.78, 5) is 12.3. The Kier molecular flexibility index (Phi) is 2.74. The first-order chi connectivity index (χ1) is 7.18. The molecule has 3 heteroatoms. The quantitative estimate of drug-likeness (QED) is 0.796. The van der Waals surface area contributed by atoms with E-state index in [0.717, 1.165) is 12.8 Å². The molecule has 0 amide bonds. The van der Waals surface area contributed by atoms with Crippen molar-refractivity contribution in [2.45, 2.75) is 24.2 Å². The van der Waals surface area contributed by atoms with Crippen molar-refractivity contribution < 1.29 is 9.90 Å². The van der Waals surface area contributed by atoms with Crippen LogP contribution in [0.15, 0.2) is 29.2 Å². The van der Waals surface area contributed by atoms with Crippen LogP contribution in [0.5, 0.6) is 0 Å². The van der Waals surface area contributed by atoms with Crippen LogP contribution in [0.4, 0.5) is 0 Å². The Balaban J connectivity index is 2.21. The smallest absolute Gasteiger partial charge is 0.309 e. The van der Waals surface area contributed by atoms with Crippen molar-refractivity contribution in [3.63, 3.8) is 0 Å². The van der Waals surface area contributed by atoms with Crippen molar-refractivity contribution in [3.8, 4) is 0 Å². The highest BCUT2D eigenvalue weighted by atomic mass is 32.2. The number of rotatable bonds is 4. The molecule has 1 aromatic carbocycles. The highest BCUT2D eigenvalue weighted by molar-refractivity contribution is 7.98. The van der Waals surface area contributed by atoms with Crippen LogP contribution in [-0.2, 0) is 11.2 Å². The van der Waals surface area contributed by atoms with Gasteiger partial charge in [0.1, 0.15) is 0 Å². The summed E-state index contributed by atoms with van der Waals surface area (Å²) in [5.41, 5.74) is 0.719. The number of benzene rings is 1. The highest BCUT2D eigenvalue weighted by Gasteiger charge is 2.50. The van der Waals surface area contributed by atoms with E-state index in [4.69, 9.17) is 5.11 Å². The lowest BCUT2D eigenvalue weighted by molar-refractivity contribution is -0.143. The average Bonchev–Trinajstić information content (AvgIpc) is 3.00. The van der Waals surface area contributed by atoms with E-state index in [1.54, 1.807) is 11.8 Å². The van der Waals surface area contributed by atoms with Gasteiger partial charge in [0.2, 0.25) is 0 Å². The molecule has 1 aliphatic carbocycles. The molecule has 0 aliphatic heterocycles. The van der Waals surface area contributed by atoms with Gasteiger partial charge in [0.25, 0.3) is 0 Å². The van der Waals surface area contributed by atoms with Crippen molar-refractivity contribution in [3.05, 3.63) is 29.8 Å². The van der Waals surface area contributed by atoms with Crippen LogP contribution >= 0.6 is 11.8 Å². The van der Waals surface area contributed by atoms with Crippen molar-refractivity contribution in [1.82, 2.24) is 0 Å². The van der Waals surface area contributed by atoms with E-state index < -0.39 is 11.4 Å². The molecule has 80 valence electrons. The number of carboxylic acids is 1. The summed E-state index contributed by atoms with van der Waals surface area (Å²) < 4.78 is 0. The van der Waals surface area contributed by atoms with Crippen LogP contribution in [0.1, 0.15) is 18.4 Å². The van der Waals surface area contributed by atoms with Crippen molar-refractivity contribution in [2.24, 2.45) is 5.41 Å². The summed E-state index contributed by atoms with van der Waals surface area (Å²) in [6, 6.07) is 8.06. The van der Waals surface area contributed by atoms with Crippen molar-refractivity contribution >= 4 is 17.7 Å². The SMILES string of the molecule is CSc1ccccc1CC1(C(=O)O)CC1. The van der Waals surface area contributed by atoms with Crippen LogP contribution in [0.3, 0.4) is 0 Å². The molecule has 0 saturated heterocycles. The minimum Gasteiger partial charge on any atom is -0.481 e. The Morgan fingerprint density at radius 2 is 2.13 bits per heavy atom. The molecular weight excluding hydrogens is 208 g/mol. The second kappa shape index (κ2) is 3.89. The van der Waals surface area contributed by atoms with Gasteiger partial charge in [-0.15, -0.1) is 11.8 Å². The summed E-state index contributed by atoms with van der Waals surface area (Å²) in [7, 11) is 0. The fourth-order valence-corrected chi connectivity index (χ4v) is 2.45. The van der Waals surface area contributed by atoms with E-state index in [1.807, 2.05) is 24.5 Å². The number of carbonyl (C=O) groups is 1. The zero-order valence-corrected chi connectivity index (χ0v) is 9.51. The van der Waals surface area contributed by atoms with Crippen LogP contribution < -0.4 is 0 Å². The Hall–Kier alpha value is -0.960. The van der Waals surface area contributed by atoms with E-state index in [-0.39, 0.29) is 0 Å². The number of thioether (sulfide) groups is 1. The normalized spacial score (nSPS) is 17.4. The van der Waals surface area contributed by atoms with E-state index in [1.165, 1.54) is 10.5 Å². The van der Waals surface area contributed by atoms with Gasteiger partial charge in [0.15, 0.2) is 0 Å². The van der Waals surface area contributed by atoms with Gasteiger partial charge in [-0.2, -0.15) is 0 Å². The van der Waals surface area contributed by atoms with Crippen molar-refractivity contribution in [1.29, 1.82) is 0 Å². The molecule has 15 heavy (non-hydrogen) atoms. The molecule has 1 aliphatic rings. The minimum absolute atomic E-state index is 0.453. The molecule has 1 N–H and O–H groups in total. The van der Waals surface area contributed by atoms with Gasteiger partial charge in [-0.1, -0.05) is 18.2 Å². The zero-order chi connectivity index (χ0) is 10.9. The maximum absolute atomic E-state index is 11.1. The fourth-order valence-electron chi connectivity index (χ4n) is 1.83. The molecule has 0 atom stereocenters. The molecule has 0 spiro atoms. The number of hydrogen-bond donors (Lipinski definition) is 1. The van der Waals surface area contributed by atoms with Gasteiger partial charge < -0.3 is 5.11 Å². The van der Waals surface area contributed by atoms with E-state index in [9.17, 15) is 4.79 Å². The Labute approximate surface area is 93.7 Å². The highest BCUT2D eigenvalue weighted by Crippen LogP contribution is 2.49. The largest absolute Gasteiger partial charge is 0.481 e. The topological polar surface area (TPSA) is 37.3 Å². The average molecular weight is 222 g/mol. The standard InChI is InChI=1S/C12H14O2S/c1-15-10-5-3-2-4-9(10)8-12(6-7-12)11(13)14/h2-5H,6-8H2,1H3,(H,13,14). The molecule has 1 aromatic rings. The molecule has 1 fully saturated rings. The second-order valence-electron chi connectivity index (χ2n) is 4.07. The first-order valence-electron chi connectivity index (χ1n) is 5.03. The Morgan fingerprint density at radius 1 is 1.47 bits per heavy atom. The summed E-state index contributed by atoms with van der Waals surface area (Å²) in [5, 5.41) is 9.12. The molecule has 0 unspecified atom stereocenters. The monoisotopic (exact) mass is 222 g/mol. The lowest BCUT2D eigenvalue weighted by Crippen LogP contribution is -2.17. The fraction of sp³-hybridized carbons (Fsp3) is 0.417. The summed E-state index contributed by atoms with van der Waals surface area (Å²) >= 11 is 1.68. The summed E-state index contributed by atoms with van der Waals surface area (Å²) in [6.45, 7) is 0. The lowest BCUT2D eigenvalue weighted by atomic mass is 9.97. The molecule has 0 heterocycles. The van der Waals surface area contributed by atoms with Crippen LogP contribution in [0, 0.1) is 5.41 Å². The van der Waals surface area contributed by atoms with Crippen molar-refractivity contribution in [2.75, 3.05) is 6.26 Å². The number of aliphatic carboxylic acids is 1. The van der Waals surface area contributed by atoms with E-state index >= 15 is 0 Å². The second-order valence-corrected chi connectivity index (χ2v) is 4.92. The molecule has 2 rings (SSSR count).